The molecule has 0 fully saturated rings. The normalized spacial score (nSPS) is 10.4. The predicted molar refractivity (Wildman–Crippen MR) is 67.2 cm³/mol. The van der Waals surface area contributed by atoms with Crippen LogP contribution in [0.3, 0.4) is 0 Å². The SMILES string of the molecule is Cc1nc(OCc2cccs2)ccc1CCl. The summed E-state index contributed by atoms with van der Waals surface area (Å²) in [5.41, 5.74) is 1.98. The zero-order valence-corrected chi connectivity index (χ0v) is 10.5. The summed E-state index contributed by atoms with van der Waals surface area (Å²) < 4.78 is 5.59. The Morgan fingerprint density at radius 3 is 2.88 bits per heavy atom. The van der Waals surface area contributed by atoms with Gasteiger partial charge in [0.1, 0.15) is 6.61 Å². The fourth-order valence-corrected chi connectivity index (χ4v) is 2.23. The number of hydrogen-bond donors (Lipinski definition) is 0. The van der Waals surface area contributed by atoms with Gasteiger partial charge in [0.05, 0.1) is 0 Å². The Morgan fingerprint density at radius 2 is 2.25 bits per heavy atom. The van der Waals surface area contributed by atoms with Crippen molar-refractivity contribution >= 4 is 22.9 Å². The Bertz CT molecular complexity index is 456. The van der Waals surface area contributed by atoms with Crippen molar-refractivity contribution in [2.45, 2.75) is 19.4 Å². The van der Waals surface area contributed by atoms with Gasteiger partial charge < -0.3 is 4.74 Å². The third-order valence-electron chi connectivity index (χ3n) is 2.26. The van der Waals surface area contributed by atoms with Crippen LogP contribution in [0.15, 0.2) is 29.6 Å². The third-order valence-corrected chi connectivity index (χ3v) is 3.39. The molecule has 0 unspecified atom stereocenters. The lowest BCUT2D eigenvalue weighted by molar-refractivity contribution is 0.296. The number of alkyl halides is 1. The van der Waals surface area contributed by atoms with Crippen LogP contribution in [-0.4, -0.2) is 4.98 Å². The van der Waals surface area contributed by atoms with E-state index in [1.807, 2.05) is 36.6 Å². The van der Waals surface area contributed by atoms with Gasteiger partial charge in [-0.2, -0.15) is 0 Å². The molecule has 2 heterocycles. The average Bonchev–Trinajstić information content (AvgIpc) is 2.79. The van der Waals surface area contributed by atoms with E-state index >= 15 is 0 Å². The minimum absolute atomic E-state index is 0.490. The molecule has 2 nitrogen and oxygen atoms in total. The molecule has 0 amide bonds. The largest absolute Gasteiger partial charge is 0.472 e. The summed E-state index contributed by atoms with van der Waals surface area (Å²) in [6.07, 6.45) is 0. The van der Waals surface area contributed by atoms with Crippen LogP contribution in [-0.2, 0) is 12.5 Å². The van der Waals surface area contributed by atoms with E-state index in [-0.39, 0.29) is 0 Å². The first-order valence-electron chi connectivity index (χ1n) is 4.97. The maximum atomic E-state index is 5.76. The van der Waals surface area contributed by atoms with E-state index in [9.17, 15) is 0 Å². The fraction of sp³-hybridized carbons (Fsp3) is 0.250. The summed E-state index contributed by atoms with van der Waals surface area (Å²) >= 11 is 7.44. The standard InChI is InChI=1S/C12H12ClNOS/c1-9-10(7-13)4-5-12(14-9)15-8-11-3-2-6-16-11/h2-6H,7-8H2,1H3. The average molecular weight is 254 g/mol. The van der Waals surface area contributed by atoms with Gasteiger partial charge in [-0.15, -0.1) is 22.9 Å². The lowest BCUT2D eigenvalue weighted by Gasteiger charge is -2.06. The van der Waals surface area contributed by atoms with Crippen molar-refractivity contribution in [1.29, 1.82) is 0 Å². The van der Waals surface area contributed by atoms with Gasteiger partial charge >= 0.3 is 0 Å². The van der Waals surface area contributed by atoms with Crippen LogP contribution < -0.4 is 4.74 Å². The molecule has 0 saturated carbocycles. The monoisotopic (exact) mass is 253 g/mol. The summed E-state index contributed by atoms with van der Waals surface area (Å²) in [5, 5.41) is 2.04. The van der Waals surface area contributed by atoms with E-state index in [1.54, 1.807) is 11.3 Å². The van der Waals surface area contributed by atoms with Gasteiger partial charge in [0.2, 0.25) is 5.88 Å². The van der Waals surface area contributed by atoms with Crippen LogP contribution in [0.2, 0.25) is 0 Å². The van der Waals surface area contributed by atoms with Crippen LogP contribution in [0.5, 0.6) is 5.88 Å². The van der Waals surface area contributed by atoms with Gasteiger partial charge in [-0.3, -0.25) is 0 Å². The van der Waals surface area contributed by atoms with Crippen LogP contribution in [0.25, 0.3) is 0 Å². The molecule has 84 valence electrons. The molecule has 0 aliphatic rings. The number of aromatic nitrogens is 1. The van der Waals surface area contributed by atoms with Gasteiger partial charge in [-0.05, 0) is 23.9 Å². The van der Waals surface area contributed by atoms with Crippen LogP contribution >= 0.6 is 22.9 Å². The summed E-state index contributed by atoms with van der Waals surface area (Å²) in [5.74, 6) is 1.14. The minimum atomic E-state index is 0.490. The molecule has 2 aromatic rings. The molecule has 0 aromatic carbocycles. The fourth-order valence-electron chi connectivity index (χ4n) is 1.33. The number of thiophene rings is 1. The van der Waals surface area contributed by atoms with Crippen molar-refractivity contribution in [3.8, 4) is 5.88 Å². The molecule has 0 radical (unpaired) electrons. The molecule has 0 aliphatic carbocycles. The number of aryl methyl sites for hydroxylation is 1. The smallest absolute Gasteiger partial charge is 0.213 e. The highest BCUT2D eigenvalue weighted by Crippen LogP contribution is 2.16. The molecule has 2 aromatic heterocycles. The number of rotatable bonds is 4. The number of halogens is 1. The van der Waals surface area contributed by atoms with Crippen LogP contribution in [0.4, 0.5) is 0 Å². The lowest BCUT2D eigenvalue weighted by Crippen LogP contribution is -1.98. The highest BCUT2D eigenvalue weighted by Gasteiger charge is 2.02. The molecule has 0 saturated heterocycles. The number of nitrogens with zero attached hydrogens (tertiary/aromatic N) is 1. The molecule has 2 rings (SSSR count). The zero-order chi connectivity index (χ0) is 11.4. The first-order chi connectivity index (χ1) is 7.79. The van der Waals surface area contributed by atoms with E-state index in [4.69, 9.17) is 16.3 Å². The van der Waals surface area contributed by atoms with Crippen molar-refractivity contribution in [2.75, 3.05) is 0 Å². The highest BCUT2D eigenvalue weighted by molar-refractivity contribution is 7.09. The van der Waals surface area contributed by atoms with E-state index in [1.165, 1.54) is 4.88 Å². The van der Waals surface area contributed by atoms with Crippen molar-refractivity contribution in [3.05, 3.63) is 45.8 Å². The molecule has 0 spiro atoms. The summed E-state index contributed by atoms with van der Waals surface area (Å²) in [6, 6.07) is 7.88. The Hall–Kier alpha value is -1.06. The Labute approximate surface area is 104 Å². The van der Waals surface area contributed by atoms with Crippen molar-refractivity contribution in [3.63, 3.8) is 0 Å². The number of pyridine rings is 1. The maximum Gasteiger partial charge on any atom is 0.213 e. The van der Waals surface area contributed by atoms with Crippen LogP contribution in [0.1, 0.15) is 16.1 Å². The van der Waals surface area contributed by atoms with Crippen molar-refractivity contribution < 1.29 is 4.74 Å². The van der Waals surface area contributed by atoms with E-state index in [0.717, 1.165) is 11.3 Å². The first-order valence-corrected chi connectivity index (χ1v) is 6.38. The molecular formula is C12H12ClNOS. The van der Waals surface area contributed by atoms with Gasteiger partial charge in [-0.1, -0.05) is 12.1 Å². The Kier molecular flexibility index (Phi) is 3.80. The third kappa shape index (κ3) is 2.74. The van der Waals surface area contributed by atoms with Crippen molar-refractivity contribution in [2.24, 2.45) is 0 Å². The summed E-state index contributed by atoms with van der Waals surface area (Å²) in [6.45, 7) is 2.51. The molecule has 0 atom stereocenters. The van der Waals surface area contributed by atoms with Gasteiger partial charge in [0.15, 0.2) is 0 Å². The lowest BCUT2D eigenvalue weighted by atomic mass is 10.2. The van der Waals surface area contributed by atoms with E-state index < -0.39 is 0 Å². The quantitative estimate of drug-likeness (QED) is 0.774. The Balaban J connectivity index is 2.02. The molecule has 16 heavy (non-hydrogen) atoms. The predicted octanol–water partition coefficient (Wildman–Crippen LogP) is 3.77. The Morgan fingerprint density at radius 1 is 1.38 bits per heavy atom. The highest BCUT2D eigenvalue weighted by atomic mass is 35.5. The second-order valence-electron chi connectivity index (χ2n) is 3.40. The molecule has 0 aliphatic heterocycles. The van der Waals surface area contributed by atoms with Gasteiger partial charge in [-0.25, -0.2) is 4.98 Å². The molecular weight excluding hydrogens is 242 g/mol. The van der Waals surface area contributed by atoms with Gasteiger partial charge in [0, 0.05) is 22.5 Å². The van der Waals surface area contributed by atoms with Crippen molar-refractivity contribution in [1.82, 2.24) is 4.98 Å². The second-order valence-corrected chi connectivity index (χ2v) is 4.70. The molecule has 0 N–H and O–H groups in total. The number of ether oxygens (including phenoxy) is 1. The zero-order valence-electron chi connectivity index (χ0n) is 8.94. The molecule has 0 bridgehead atoms. The van der Waals surface area contributed by atoms with E-state index in [2.05, 4.69) is 4.98 Å². The van der Waals surface area contributed by atoms with Gasteiger partial charge in [0.25, 0.3) is 0 Å². The topological polar surface area (TPSA) is 22.1 Å². The van der Waals surface area contributed by atoms with Crippen LogP contribution in [0, 0.1) is 6.92 Å². The first kappa shape index (κ1) is 11.4. The summed E-state index contributed by atoms with van der Waals surface area (Å²) in [7, 11) is 0. The maximum absolute atomic E-state index is 5.76. The molecule has 4 heteroatoms. The number of hydrogen-bond acceptors (Lipinski definition) is 3. The van der Waals surface area contributed by atoms with E-state index in [0.29, 0.717) is 18.4 Å². The summed E-state index contributed by atoms with van der Waals surface area (Å²) in [4.78, 5) is 5.54. The second kappa shape index (κ2) is 5.32. The minimum Gasteiger partial charge on any atom is -0.472 e.